The van der Waals surface area contributed by atoms with Gasteiger partial charge in [-0.25, -0.2) is 0 Å². The highest BCUT2D eigenvalue weighted by Gasteiger charge is 2.19. The van der Waals surface area contributed by atoms with E-state index in [2.05, 4.69) is 10.6 Å². The Hall–Kier alpha value is -2.04. The van der Waals surface area contributed by atoms with Gasteiger partial charge in [-0.2, -0.15) is 0 Å². The van der Waals surface area contributed by atoms with E-state index in [0.29, 0.717) is 13.2 Å². The molecule has 3 rings (SSSR count). The largest absolute Gasteiger partial charge is 0.489 e. The van der Waals surface area contributed by atoms with Gasteiger partial charge in [-0.15, -0.1) is 12.4 Å². The van der Waals surface area contributed by atoms with Crippen LogP contribution in [0.1, 0.15) is 30.4 Å². The Bertz CT molecular complexity index is 641. The SMILES string of the molecule is Cl.O=C(NCc1ccc(OCc2ccccc2)cc1)[C@@H]1CCCCN1. The third-order valence-electron chi connectivity index (χ3n) is 4.27. The number of amides is 1. The minimum absolute atomic E-state index is 0. The summed E-state index contributed by atoms with van der Waals surface area (Å²) < 4.78 is 5.77. The van der Waals surface area contributed by atoms with Crippen molar-refractivity contribution in [3.63, 3.8) is 0 Å². The van der Waals surface area contributed by atoms with Crippen molar-refractivity contribution in [2.75, 3.05) is 6.54 Å². The van der Waals surface area contributed by atoms with Gasteiger partial charge in [0.2, 0.25) is 5.91 Å². The van der Waals surface area contributed by atoms with Crippen LogP contribution in [0.4, 0.5) is 0 Å². The summed E-state index contributed by atoms with van der Waals surface area (Å²) in [6.07, 6.45) is 3.21. The predicted molar refractivity (Wildman–Crippen MR) is 102 cm³/mol. The molecule has 0 radical (unpaired) electrons. The molecule has 0 bridgehead atoms. The molecule has 1 atom stereocenters. The summed E-state index contributed by atoms with van der Waals surface area (Å²) in [5.74, 6) is 0.932. The lowest BCUT2D eigenvalue weighted by atomic mass is 10.0. The number of carbonyl (C=O) groups excluding carboxylic acids is 1. The molecule has 2 aromatic carbocycles. The highest BCUT2D eigenvalue weighted by atomic mass is 35.5. The normalized spacial score (nSPS) is 16.6. The van der Waals surface area contributed by atoms with Crippen LogP contribution in [0, 0.1) is 0 Å². The predicted octanol–water partition coefficient (Wildman–Crippen LogP) is 3.45. The van der Waals surface area contributed by atoms with Gasteiger partial charge in [0.15, 0.2) is 0 Å². The lowest BCUT2D eigenvalue weighted by molar-refractivity contribution is -0.123. The molecule has 0 saturated carbocycles. The molecule has 2 aromatic rings. The van der Waals surface area contributed by atoms with E-state index in [0.717, 1.165) is 42.7 Å². The summed E-state index contributed by atoms with van der Waals surface area (Å²) in [5.41, 5.74) is 2.22. The van der Waals surface area contributed by atoms with Crippen molar-refractivity contribution in [2.24, 2.45) is 0 Å². The number of rotatable bonds is 6. The van der Waals surface area contributed by atoms with E-state index in [-0.39, 0.29) is 24.4 Å². The van der Waals surface area contributed by atoms with Crippen molar-refractivity contribution < 1.29 is 9.53 Å². The number of halogens is 1. The van der Waals surface area contributed by atoms with Gasteiger partial charge in [0, 0.05) is 6.54 Å². The van der Waals surface area contributed by atoms with Gasteiger partial charge in [-0.05, 0) is 42.6 Å². The minimum atomic E-state index is -0.0350. The first-order valence-electron chi connectivity index (χ1n) is 8.58. The second-order valence-electron chi connectivity index (χ2n) is 6.14. The van der Waals surface area contributed by atoms with E-state index in [4.69, 9.17) is 4.74 Å². The van der Waals surface area contributed by atoms with Gasteiger partial charge < -0.3 is 15.4 Å². The van der Waals surface area contributed by atoms with Crippen molar-refractivity contribution in [1.29, 1.82) is 0 Å². The molecule has 1 fully saturated rings. The lowest BCUT2D eigenvalue weighted by Crippen LogP contribution is -2.46. The maximum absolute atomic E-state index is 12.1. The Balaban J connectivity index is 0.00000225. The number of hydrogen-bond donors (Lipinski definition) is 2. The van der Waals surface area contributed by atoms with E-state index in [1.165, 1.54) is 0 Å². The van der Waals surface area contributed by atoms with E-state index in [1.54, 1.807) is 0 Å². The fraction of sp³-hybridized carbons (Fsp3) is 0.350. The Kier molecular flexibility index (Phi) is 7.76. The number of nitrogens with one attached hydrogen (secondary N) is 2. The Morgan fingerprint density at radius 2 is 1.80 bits per heavy atom. The summed E-state index contributed by atoms with van der Waals surface area (Å²) in [5, 5.41) is 6.27. The van der Waals surface area contributed by atoms with Gasteiger partial charge in [0.1, 0.15) is 12.4 Å². The monoisotopic (exact) mass is 360 g/mol. The number of benzene rings is 2. The zero-order valence-electron chi connectivity index (χ0n) is 14.2. The molecule has 0 aromatic heterocycles. The van der Waals surface area contributed by atoms with Gasteiger partial charge in [-0.1, -0.05) is 48.9 Å². The highest BCUT2D eigenvalue weighted by Crippen LogP contribution is 2.14. The first-order valence-corrected chi connectivity index (χ1v) is 8.58. The quantitative estimate of drug-likeness (QED) is 0.829. The van der Waals surface area contributed by atoms with Crippen molar-refractivity contribution in [3.05, 3.63) is 65.7 Å². The van der Waals surface area contributed by atoms with Crippen LogP contribution in [0.2, 0.25) is 0 Å². The smallest absolute Gasteiger partial charge is 0.237 e. The van der Waals surface area contributed by atoms with E-state index < -0.39 is 0 Å². The molecule has 1 amide bonds. The number of carbonyl (C=O) groups is 1. The second kappa shape index (κ2) is 10.1. The fourth-order valence-corrected chi connectivity index (χ4v) is 2.83. The van der Waals surface area contributed by atoms with Crippen LogP contribution in [0.3, 0.4) is 0 Å². The Labute approximate surface area is 155 Å². The molecule has 0 spiro atoms. The highest BCUT2D eigenvalue weighted by molar-refractivity contribution is 5.85. The Morgan fingerprint density at radius 1 is 1.04 bits per heavy atom. The van der Waals surface area contributed by atoms with Crippen molar-refractivity contribution in [3.8, 4) is 5.75 Å². The van der Waals surface area contributed by atoms with E-state index in [1.807, 2.05) is 54.6 Å². The van der Waals surface area contributed by atoms with Crippen molar-refractivity contribution in [2.45, 2.75) is 38.5 Å². The van der Waals surface area contributed by atoms with E-state index >= 15 is 0 Å². The number of hydrogen-bond acceptors (Lipinski definition) is 3. The first-order chi connectivity index (χ1) is 11.8. The van der Waals surface area contributed by atoms with Crippen LogP contribution < -0.4 is 15.4 Å². The van der Waals surface area contributed by atoms with Crippen LogP contribution in [0.25, 0.3) is 0 Å². The third-order valence-corrected chi connectivity index (χ3v) is 4.27. The van der Waals surface area contributed by atoms with Crippen molar-refractivity contribution >= 4 is 18.3 Å². The summed E-state index contributed by atoms with van der Waals surface area (Å²) in [6.45, 7) is 2.05. The standard InChI is InChI=1S/C20H24N2O2.ClH/c23-20(19-8-4-5-13-21-19)22-14-16-9-11-18(12-10-16)24-15-17-6-2-1-3-7-17;/h1-3,6-7,9-12,19,21H,4-5,8,13-15H2,(H,22,23);1H/t19-;/m0./s1. The molecule has 5 heteroatoms. The van der Waals surface area contributed by atoms with E-state index in [9.17, 15) is 4.79 Å². The zero-order valence-corrected chi connectivity index (χ0v) is 15.1. The number of ether oxygens (including phenoxy) is 1. The van der Waals surface area contributed by atoms with Gasteiger partial charge in [0.25, 0.3) is 0 Å². The van der Waals surface area contributed by atoms with Gasteiger partial charge >= 0.3 is 0 Å². The molecule has 1 saturated heterocycles. The van der Waals surface area contributed by atoms with Crippen molar-refractivity contribution in [1.82, 2.24) is 10.6 Å². The van der Waals surface area contributed by atoms with Crippen LogP contribution in [0.5, 0.6) is 5.75 Å². The molecule has 0 unspecified atom stereocenters. The molecule has 1 aliphatic rings. The van der Waals surface area contributed by atoms with Crippen LogP contribution in [-0.4, -0.2) is 18.5 Å². The van der Waals surface area contributed by atoms with Crippen LogP contribution in [-0.2, 0) is 17.9 Å². The fourth-order valence-electron chi connectivity index (χ4n) is 2.83. The topological polar surface area (TPSA) is 50.4 Å². The van der Waals surface area contributed by atoms with Gasteiger partial charge in [-0.3, -0.25) is 4.79 Å². The minimum Gasteiger partial charge on any atom is -0.489 e. The maximum atomic E-state index is 12.1. The molecule has 0 aliphatic carbocycles. The molecular weight excluding hydrogens is 336 g/mol. The molecule has 25 heavy (non-hydrogen) atoms. The Morgan fingerprint density at radius 3 is 2.48 bits per heavy atom. The molecule has 134 valence electrons. The summed E-state index contributed by atoms with van der Waals surface area (Å²) in [4.78, 5) is 12.1. The third kappa shape index (κ3) is 6.07. The number of piperidine rings is 1. The molecular formula is C20H25ClN2O2. The summed E-state index contributed by atoms with van der Waals surface area (Å²) >= 11 is 0. The molecule has 4 nitrogen and oxygen atoms in total. The zero-order chi connectivity index (χ0) is 16.6. The maximum Gasteiger partial charge on any atom is 0.237 e. The van der Waals surface area contributed by atoms with Gasteiger partial charge in [0.05, 0.1) is 6.04 Å². The lowest BCUT2D eigenvalue weighted by Gasteiger charge is -2.22. The average molecular weight is 361 g/mol. The summed E-state index contributed by atoms with van der Waals surface area (Å²) in [7, 11) is 0. The first kappa shape index (κ1) is 19.3. The molecule has 1 aliphatic heterocycles. The van der Waals surface area contributed by atoms with Crippen LogP contribution in [0.15, 0.2) is 54.6 Å². The summed E-state index contributed by atoms with van der Waals surface area (Å²) in [6, 6.07) is 17.9. The molecule has 1 heterocycles. The van der Waals surface area contributed by atoms with Crippen LogP contribution >= 0.6 is 12.4 Å². The average Bonchev–Trinajstić information content (AvgIpc) is 2.67. The molecule has 2 N–H and O–H groups in total. The second-order valence-corrected chi connectivity index (χ2v) is 6.14.